The van der Waals surface area contributed by atoms with Crippen molar-refractivity contribution in [3.63, 3.8) is 0 Å². The van der Waals surface area contributed by atoms with E-state index in [1.807, 2.05) is 13.8 Å². The Balaban J connectivity index is 1.15. The van der Waals surface area contributed by atoms with Crippen LogP contribution in [0, 0.1) is 28.9 Å². The van der Waals surface area contributed by atoms with Gasteiger partial charge in [-0.3, -0.25) is 4.79 Å². The van der Waals surface area contributed by atoms with Gasteiger partial charge < -0.3 is 44.8 Å². The number of rotatable bonds is 15. The topological polar surface area (TPSA) is 160 Å². The number of piperidine rings is 1. The van der Waals surface area contributed by atoms with E-state index in [1.54, 1.807) is 4.90 Å². The number of nitrogens with zero attached hydrogens (tertiary/aromatic N) is 2. The highest BCUT2D eigenvalue weighted by Gasteiger charge is 2.48. The molecule has 3 fully saturated rings. The Morgan fingerprint density at radius 3 is 2.15 bits per heavy atom. The lowest BCUT2D eigenvalue weighted by Crippen LogP contribution is -2.51. The van der Waals surface area contributed by atoms with Crippen LogP contribution >= 0.6 is 0 Å². The van der Waals surface area contributed by atoms with Crippen molar-refractivity contribution >= 4 is 12.0 Å². The quantitative estimate of drug-likeness (QED) is 0.191. The summed E-state index contributed by atoms with van der Waals surface area (Å²) in [6, 6.07) is 2.24. The van der Waals surface area contributed by atoms with E-state index in [0.717, 1.165) is 44.2 Å². The van der Waals surface area contributed by atoms with Crippen molar-refractivity contribution < 1.29 is 53.4 Å². The predicted molar refractivity (Wildman–Crippen MR) is 163 cm³/mol. The average Bonchev–Trinajstić information content (AvgIpc) is 2.99. The second-order valence-corrected chi connectivity index (χ2v) is 13.6. The van der Waals surface area contributed by atoms with Gasteiger partial charge in [0, 0.05) is 43.9 Å². The van der Waals surface area contributed by atoms with Gasteiger partial charge in [-0.2, -0.15) is 0 Å². The number of ether oxygens (including phenoxy) is 2. The number of aliphatic hydroxyl groups excluding tert-OH is 5. The third-order valence-electron chi connectivity index (χ3n) is 10.1. The van der Waals surface area contributed by atoms with Crippen molar-refractivity contribution in [2.75, 3.05) is 39.4 Å². The Labute approximate surface area is 269 Å². The minimum absolute atomic E-state index is 0.0838. The van der Waals surface area contributed by atoms with Crippen molar-refractivity contribution in [1.82, 2.24) is 9.80 Å². The summed E-state index contributed by atoms with van der Waals surface area (Å²) in [5, 5.41) is 47.9. The summed E-state index contributed by atoms with van der Waals surface area (Å²) in [6.07, 6.45) is -0.926. The Morgan fingerprint density at radius 1 is 0.957 bits per heavy atom. The summed E-state index contributed by atoms with van der Waals surface area (Å²) in [7, 11) is 0. The molecule has 5 N–H and O–H groups in total. The zero-order chi connectivity index (χ0) is 33.6. The molecule has 0 bridgehead atoms. The molecule has 1 aromatic carbocycles. The largest absolute Gasteiger partial charge is 0.493 e. The monoisotopic (exact) mass is 656 g/mol. The van der Waals surface area contributed by atoms with Gasteiger partial charge in [0.25, 0.3) is 0 Å². The van der Waals surface area contributed by atoms with Crippen LogP contribution in [0.3, 0.4) is 0 Å². The number of amides is 2. The fourth-order valence-electron chi connectivity index (χ4n) is 7.00. The molecule has 260 valence electrons. The van der Waals surface area contributed by atoms with E-state index in [-0.39, 0.29) is 41.3 Å². The second kappa shape index (κ2) is 16.0. The smallest absolute Gasteiger partial charge is 0.410 e. The number of carbonyl (C=O) groups is 2. The van der Waals surface area contributed by atoms with Crippen molar-refractivity contribution in [3.05, 3.63) is 29.3 Å². The molecule has 2 amide bonds. The number of halogens is 2. The first-order chi connectivity index (χ1) is 21.8. The van der Waals surface area contributed by atoms with Crippen LogP contribution < -0.4 is 4.74 Å². The molecule has 2 saturated heterocycles. The van der Waals surface area contributed by atoms with Crippen molar-refractivity contribution in [2.24, 2.45) is 17.3 Å². The van der Waals surface area contributed by atoms with Gasteiger partial charge in [0.15, 0.2) is 0 Å². The Kier molecular flexibility index (Phi) is 12.6. The van der Waals surface area contributed by atoms with E-state index < -0.39 is 55.0 Å². The fraction of sp³-hybridized carbons (Fsp3) is 0.758. The van der Waals surface area contributed by atoms with E-state index in [1.165, 1.54) is 4.90 Å². The van der Waals surface area contributed by atoms with Gasteiger partial charge in [0.1, 0.15) is 35.7 Å². The number of carbonyl (C=O) groups excluding carboxylic acids is 2. The molecule has 1 aliphatic carbocycles. The molecule has 0 radical (unpaired) electrons. The van der Waals surface area contributed by atoms with Gasteiger partial charge in [-0.05, 0) is 76.0 Å². The van der Waals surface area contributed by atoms with Crippen LogP contribution in [0.2, 0.25) is 0 Å². The molecule has 1 aromatic rings. The summed E-state index contributed by atoms with van der Waals surface area (Å²) >= 11 is 0. The molecule has 1 spiro atoms. The van der Waals surface area contributed by atoms with Crippen LogP contribution in [-0.2, 0) is 16.0 Å². The summed E-state index contributed by atoms with van der Waals surface area (Å²) in [4.78, 5) is 28.2. The van der Waals surface area contributed by atoms with Crippen LogP contribution in [0.25, 0.3) is 0 Å². The SMILES string of the molecule is CC(C)OC(=O)N1CCC2(CCC2CCOc2cc(F)c(CC(=O)N3CC(CCC[C@H](O)[C@@H](O)[C@H](O)[C@H](O)CO)C3)c(F)c2)CC1. The van der Waals surface area contributed by atoms with Crippen molar-refractivity contribution in [3.8, 4) is 5.75 Å². The lowest BCUT2D eigenvalue weighted by Gasteiger charge is -2.54. The lowest BCUT2D eigenvalue weighted by molar-refractivity contribution is -0.137. The molecule has 1 unspecified atom stereocenters. The molecule has 1 saturated carbocycles. The first-order valence-electron chi connectivity index (χ1n) is 16.5. The third kappa shape index (κ3) is 8.85. The summed E-state index contributed by atoms with van der Waals surface area (Å²) in [5.74, 6) is -1.41. The van der Waals surface area contributed by atoms with Crippen LogP contribution in [0.15, 0.2) is 12.1 Å². The maximum atomic E-state index is 14.9. The number of hydrogen-bond acceptors (Lipinski definition) is 9. The molecule has 46 heavy (non-hydrogen) atoms. The highest BCUT2D eigenvalue weighted by molar-refractivity contribution is 5.79. The van der Waals surface area contributed by atoms with Crippen LogP contribution in [0.1, 0.15) is 70.8 Å². The van der Waals surface area contributed by atoms with Gasteiger partial charge in [-0.1, -0.05) is 6.42 Å². The van der Waals surface area contributed by atoms with Crippen LogP contribution in [0.4, 0.5) is 13.6 Å². The van der Waals surface area contributed by atoms with E-state index >= 15 is 0 Å². The number of hydrogen-bond donors (Lipinski definition) is 5. The number of benzene rings is 1. The van der Waals surface area contributed by atoms with Gasteiger partial charge in [-0.25, -0.2) is 13.6 Å². The molecule has 11 nitrogen and oxygen atoms in total. The minimum Gasteiger partial charge on any atom is -0.493 e. The van der Waals surface area contributed by atoms with Gasteiger partial charge in [0.2, 0.25) is 5.91 Å². The highest BCUT2D eigenvalue weighted by atomic mass is 19.1. The Morgan fingerprint density at radius 2 is 1.59 bits per heavy atom. The van der Waals surface area contributed by atoms with E-state index in [2.05, 4.69) is 0 Å². The zero-order valence-corrected chi connectivity index (χ0v) is 26.8. The van der Waals surface area contributed by atoms with E-state index in [9.17, 15) is 38.8 Å². The average molecular weight is 657 g/mol. The van der Waals surface area contributed by atoms with E-state index in [0.29, 0.717) is 51.5 Å². The molecule has 4 rings (SSSR count). The van der Waals surface area contributed by atoms with Gasteiger partial charge in [0.05, 0.1) is 31.8 Å². The maximum absolute atomic E-state index is 14.9. The Bertz CT molecular complexity index is 1150. The third-order valence-corrected chi connectivity index (χ3v) is 10.1. The first-order valence-corrected chi connectivity index (χ1v) is 16.5. The van der Waals surface area contributed by atoms with Crippen molar-refractivity contribution in [2.45, 2.75) is 102 Å². The van der Waals surface area contributed by atoms with Gasteiger partial charge in [-0.15, -0.1) is 0 Å². The standard InChI is InChI=1S/C33H50F2N2O9/c1-20(2)46-32(44)36-11-9-33(10-12-36)8-6-22(33)7-13-45-23-14-25(34)24(26(35)15-23)16-29(41)37-17-21(18-37)4-3-5-27(39)30(42)31(43)28(40)19-38/h14-15,20-22,27-28,30-31,38-40,42-43H,3-13,16-19H2,1-2H3/t22?,27-,28+,30+,31+/m0/s1. The van der Waals surface area contributed by atoms with Crippen LogP contribution in [0.5, 0.6) is 5.75 Å². The summed E-state index contributed by atoms with van der Waals surface area (Å²) < 4.78 is 40.8. The Hall–Kier alpha value is -2.58. The molecular formula is C33H50F2N2O9. The number of aliphatic hydroxyl groups is 5. The predicted octanol–water partition coefficient (Wildman–Crippen LogP) is 2.38. The minimum atomic E-state index is -1.67. The molecular weight excluding hydrogens is 606 g/mol. The number of likely N-dealkylation sites (tertiary alicyclic amines) is 2. The molecule has 2 aliphatic heterocycles. The molecule has 5 atom stereocenters. The van der Waals surface area contributed by atoms with Gasteiger partial charge >= 0.3 is 6.09 Å². The first kappa shape index (κ1) is 36.3. The normalized spacial score (nSPS) is 22.2. The van der Waals surface area contributed by atoms with E-state index in [4.69, 9.17) is 14.6 Å². The maximum Gasteiger partial charge on any atom is 0.410 e. The highest BCUT2D eigenvalue weighted by Crippen LogP contribution is 2.55. The molecule has 2 heterocycles. The zero-order valence-electron chi connectivity index (χ0n) is 26.8. The fourth-order valence-corrected chi connectivity index (χ4v) is 7.00. The summed E-state index contributed by atoms with van der Waals surface area (Å²) in [5.41, 5.74) is -0.130. The molecule has 3 aliphatic rings. The lowest BCUT2D eigenvalue weighted by atomic mass is 9.55. The molecule has 13 heteroatoms. The van der Waals surface area contributed by atoms with Crippen molar-refractivity contribution in [1.29, 1.82) is 0 Å². The summed E-state index contributed by atoms with van der Waals surface area (Å²) in [6.45, 7) is 5.39. The van der Waals surface area contributed by atoms with Crippen LogP contribution in [-0.4, -0.2) is 117 Å². The molecule has 0 aromatic heterocycles. The second-order valence-electron chi connectivity index (χ2n) is 13.6.